The Hall–Kier alpha value is -3.77. The Morgan fingerprint density at radius 2 is 1.76 bits per heavy atom. The number of benzene rings is 3. The molecule has 3 aromatic carbocycles. The number of carbonyl (C=O) groups is 1. The minimum atomic E-state index is -0.0553. The van der Waals surface area contributed by atoms with Gasteiger partial charge in [0.1, 0.15) is 11.5 Å². The Labute approximate surface area is 250 Å². The summed E-state index contributed by atoms with van der Waals surface area (Å²) in [7, 11) is 0. The van der Waals surface area contributed by atoms with E-state index < -0.39 is 0 Å². The van der Waals surface area contributed by atoms with E-state index in [-0.39, 0.29) is 12.0 Å². The van der Waals surface area contributed by atoms with Gasteiger partial charge in [-0.3, -0.25) is 4.79 Å². The molecule has 0 bridgehead atoms. The number of nitrogens with zero attached hydrogens (tertiary/aromatic N) is 2. The largest absolute Gasteiger partial charge is 0.494 e. The highest BCUT2D eigenvalue weighted by Gasteiger charge is 2.21. The monoisotopic (exact) mass is 567 g/mol. The number of fused-ring (bicyclic) bond motifs is 1. The predicted molar refractivity (Wildman–Crippen MR) is 170 cm³/mol. The van der Waals surface area contributed by atoms with Gasteiger partial charge < -0.3 is 24.3 Å². The van der Waals surface area contributed by atoms with Crippen LogP contribution in [0.2, 0.25) is 0 Å². The first-order chi connectivity index (χ1) is 20.5. The van der Waals surface area contributed by atoms with Crippen molar-refractivity contribution < 1.29 is 14.3 Å². The first-order valence-corrected chi connectivity index (χ1v) is 15.5. The minimum Gasteiger partial charge on any atom is -0.494 e. The Kier molecular flexibility index (Phi) is 10.2. The van der Waals surface area contributed by atoms with Crippen LogP contribution in [0.1, 0.15) is 61.0 Å². The highest BCUT2D eigenvalue weighted by molar-refractivity contribution is 6.08. The zero-order chi connectivity index (χ0) is 29.3. The Balaban J connectivity index is 1.17. The van der Waals surface area contributed by atoms with Crippen molar-refractivity contribution in [2.24, 2.45) is 5.92 Å². The average molecular weight is 568 g/mol. The number of ether oxygens (including phenoxy) is 2. The molecule has 222 valence electrons. The summed E-state index contributed by atoms with van der Waals surface area (Å²) in [5.74, 6) is 2.47. The van der Waals surface area contributed by atoms with Crippen LogP contribution >= 0.6 is 0 Å². The third-order valence-electron chi connectivity index (χ3n) is 8.12. The number of aryl methyl sites for hydroxylation is 2. The summed E-state index contributed by atoms with van der Waals surface area (Å²) >= 11 is 0. The smallest absolute Gasteiger partial charge is 0.253 e. The summed E-state index contributed by atoms with van der Waals surface area (Å²) in [6.07, 6.45) is 6.65. The third-order valence-corrected chi connectivity index (χ3v) is 8.12. The van der Waals surface area contributed by atoms with Gasteiger partial charge in [0.25, 0.3) is 5.91 Å². The molecule has 4 aromatic rings. The van der Waals surface area contributed by atoms with Crippen LogP contribution in [0.5, 0.6) is 11.5 Å². The van der Waals surface area contributed by atoms with E-state index in [9.17, 15) is 4.79 Å². The van der Waals surface area contributed by atoms with E-state index in [2.05, 4.69) is 33.8 Å². The van der Waals surface area contributed by atoms with Crippen LogP contribution in [-0.4, -0.2) is 47.7 Å². The second-order valence-corrected chi connectivity index (χ2v) is 11.8. The van der Waals surface area contributed by atoms with E-state index in [1.807, 2.05) is 80.7 Å². The molecule has 42 heavy (non-hydrogen) atoms. The Morgan fingerprint density at radius 3 is 2.52 bits per heavy atom. The molecular formula is C36H45N3O3. The fourth-order valence-corrected chi connectivity index (χ4v) is 5.96. The predicted octanol–water partition coefficient (Wildman–Crippen LogP) is 7.24. The van der Waals surface area contributed by atoms with Crippen LogP contribution in [0, 0.1) is 12.8 Å². The lowest BCUT2D eigenvalue weighted by Crippen LogP contribution is -2.35. The molecule has 1 aromatic heterocycles. The molecule has 0 unspecified atom stereocenters. The number of hydrogen-bond acceptors (Lipinski definition) is 4. The van der Waals surface area contributed by atoms with Gasteiger partial charge in [-0.1, -0.05) is 60.2 Å². The molecule has 6 nitrogen and oxygen atoms in total. The molecule has 6 heteroatoms. The molecule has 1 aliphatic heterocycles. The summed E-state index contributed by atoms with van der Waals surface area (Å²) in [4.78, 5) is 16.0. The molecule has 1 fully saturated rings. The van der Waals surface area contributed by atoms with Crippen LogP contribution in [0.25, 0.3) is 10.9 Å². The van der Waals surface area contributed by atoms with Gasteiger partial charge in [0.2, 0.25) is 0 Å². The zero-order valence-electron chi connectivity index (χ0n) is 25.4. The number of hydrogen-bond donors (Lipinski definition) is 1. The number of amides is 1. The molecule has 0 atom stereocenters. The Bertz CT molecular complexity index is 1440. The SMILES string of the molecule is Cc1cccc(CNC(=O)c2cn(CCCN3CCC(CCOc4ccccc4)CC3)c3c(OC(C)C)cccc23)c1. The van der Waals surface area contributed by atoms with Gasteiger partial charge in [-0.05, 0) is 95.8 Å². The van der Waals surface area contributed by atoms with Gasteiger partial charge in [0.05, 0.1) is 23.8 Å². The molecule has 0 radical (unpaired) electrons. The molecule has 0 saturated carbocycles. The van der Waals surface area contributed by atoms with E-state index in [0.29, 0.717) is 12.1 Å². The van der Waals surface area contributed by atoms with Crippen molar-refractivity contribution in [3.8, 4) is 11.5 Å². The van der Waals surface area contributed by atoms with Crippen LogP contribution in [-0.2, 0) is 13.1 Å². The lowest BCUT2D eigenvalue weighted by molar-refractivity contribution is 0.0952. The average Bonchev–Trinajstić information content (AvgIpc) is 3.37. The van der Waals surface area contributed by atoms with E-state index >= 15 is 0 Å². The zero-order valence-corrected chi connectivity index (χ0v) is 25.4. The van der Waals surface area contributed by atoms with Crippen molar-refractivity contribution in [2.45, 2.75) is 65.6 Å². The van der Waals surface area contributed by atoms with E-state index in [1.54, 1.807) is 0 Å². The standard InChI is InChI=1S/C36H45N3O3/c1-27(2)42-34-15-8-14-32-33(36(40)37-25-30-11-7-10-28(3)24-30)26-39(35(32)34)20-9-19-38-21-16-29(17-22-38)18-23-41-31-12-5-4-6-13-31/h4-8,10-15,24,26-27,29H,9,16-23,25H2,1-3H3,(H,37,40). The van der Waals surface area contributed by atoms with Crippen LogP contribution in [0.15, 0.2) is 79.0 Å². The molecule has 0 aliphatic carbocycles. The molecule has 0 spiro atoms. The summed E-state index contributed by atoms with van der Waals surface area (Å²) < 4.78 is 14.3. The molecule has 5 rings (SSSR count). The number of para-hydroxylation sites is 2. The molecule has 1 amide bonds. The first kappa shape index (κ1) is 29.7. The van der Waals surface area contributed by atoms with Crippen molar-refractivity contribution in [1.29, 1.82) is 0 Å². The van der Waals surface area contributed by atoms with Crippen molar-refractivity contribution >= 4 is 16.8 Å². The fourth-order valence-electron chi connectivity index (χ4n) is 5.96. The quantitative estimate of drug-likeness (QED) is 0.185. The topological polar surface area (TPSA) is 55.7 Å². The molecule has 2 heterocycles. The molecule has 1 N–H and O–H groups in total. The van der Waals surface area contributed by atoms with Crippen LogP contribution in [0.4, 0.5) is 0 Å². The van der Waals surface area contributed by atoms with E-state index in [4.69, 9.17) is 9.47 Å². The minimum absolute atomic E-state index is 0.0527. The lowest BCUT2D eigenvalue weighted by atomic mass is 9.94. The van der Waals surface area contributed by atoms with Crippen LogP contribution in [0.3, 0.4) is 0 Å². The lowest BCUT2D eigenvalue weighted by Gasteiger charge is -2.32. The second-order valence-electron chi connectivity index (χ2n) is 11.8. The molecule has 1 saturated heterocycles. The molecule has 1 aliphatic rings. The Morgan fingerprint density at radius 1 is 0.976 bits per heavy atom. The van der Waals surface area contributed by atoms with Gasteiger partial charge in [0, 0.05) is 24.7 Å². The second kappa shape index (κ2) is 14.4. The van der Waals surface area contributed by atoms with Gasteiger partial charge in [-0.2, -0.15) is 0 Å². The van der Waals surface area contributed by atoms with E-state index in [0.717, 1.165) is 79.5 Å². The van der Waals surface area contributed by atoms with Gasteiger partial charge in [-0.15, -0.1) is 0 Å². The number of piperidine rings is 1. The fraction of sp³-hybridized carbons (Fsp3) is 0.417. The number of aromatic nitrogens is 1. The molecular weight excluding hydrogens is 522 g/mol. The number of rotatable bonds is 13. The van der Waals surface area contributed by atoms with Crippen molar-refractivity contribution in [1.82, 2.24) is 14.8 Å². The maximum absolute atomic E-state index is 13.4. The first-order valence-electron chi connectivity index (χ1n) is 15.5. The van der Waals surface area contributed by atoms with Crippen molar-refractivity contribution in [2.75, 3.05) is 26.2 Å². The van der Waals surface area contributed by atoms with E-state index in [1.165, 1.54) is 18.4 Å². The van der Waals surface area contributed by atoms with Gasteiger partial charge >= 0.3 is 0 Å². The van der Waals surface area contributed by atoms with Crippen molar-refractivity contribution in [3.05, 3.63) is 95.7 Å². The van der Waals surface area contributed by atoms with Gasteiger partial charge in [-0.25, -0.2) is 0 Å². The summed E-state index contributed by atoms with van der Waals surface area (Å²) in [6, 6.07) is 24.4. The van der Waals surface area contributed by atoms with Crippen molar-refractivity contribution in [3.63, 3.8) is 0 Å². The maximum Gasteiger partial charge on any atom is 0.253 e. The van der Waals surface area contributed by atoms with Gasteiger partial charge in [0.15, 0.2) is 0 Å². The third kappa shape index (κ3) is 7.95. The summed E-state index contributed by atoms with van der Waals surface area (Å²) in [5.41, 5.74) is 3.99. The summed E-state index contributed by atoms with van der Waals surface area (Å²) in [5, 5.41) is 4.07. The highest BCUT2D eigenvalue weighted by atomic mass is 16.5. The number of nitrogens with one attached hydrogen (secondary N) is 1. The summed E-state index contributed by atoms with van der Waals surface area (Å²) in [6.45, 7) is 11.6. The number of likely N-dealkylation sites (tertiary alicyclic amines) is 1. The maximum atomic E-state index is 13.4. The highest BCUT2D eigenvalue weighted by Crippen LogP contribution is 2.31. The van der Waals surface area contributed by atoms with Crippen LogP contribution < -0.4 is 14.8 Å². The normalized spacial score (nSPS) is 14.4. The number of carbonyl (C=O) groups excluding carboxylic acids is 1.